The van der Waals surface area contributed by atoms with Gasteiger partial charge in [0.05, 0.1) is 6.26 Å². The zero-order valence-electron chi connectivity index (χ0n) is 12.1. The molecule has 0 radical (unpaired) electrons. The van der Waals surface area contributed by atoms with E-state index in [9.17, 15) is 0 Å². The molecule has 0 unspecified atom stereocenters. The van der Waals surface area contributed by atoms with Crippen molar-refractivity contribution >= 4 is 5.57 Å². The first kappa shape index (κ1) is 12.7. The summed E-state index contributed by atoms with van der Waals surface area (Å²) in [6, 6.07) is 17.4. The van der Waals surface area contributed by atoms with Crippen molar-refractivity contribution in [3.63, 3.8) is 0 Å². The van der Waals surface area contributed by atoms with Crippen LogP contribution in [0.2, 0.25) is 0 Å². The maximum Gasteiger partial charge on any atom is 0.113 e. The van der Waals surface area contributed by atoms with Gasteiger partial charge in [0.15, 0.2) is 0 Å². The van der Waals surface area contributed by atoms with Gasteiger partial charge < -0.3 is 4.74 Å². The summed E-state index contributed by atoms with van der Waals surface area (Å²) in [6.45, 7) is 3.82. The summed E-state index contributed by atoms with van der Waals surface area (Å²) < 4.78 is 5.63. The van der Waals surface area contributed by atoms with Gasteiger partial charge in [0.1, 0.15) is 6.61 Å². The molecule has 2 heterocycles. The Labute approximate surface area is 125 Å². The van der Waals surface area contributed by atoms with Gasteiger partial charge in [-0.3, -0.25) is 4.90 Å². The van der Waals surface area contributed by atoms with Crippen molar-refractivity contribution in [3.8, 4) is 0 Å². The van der Waals surface area contributed by atoms with Crippen LogP contribution >= 0.6 is 0 Å². The van der Waals surface area contributed by atoms with E-state index in [1.165, 1.54) is 27.8 Å². The molecule has 0 spiro atoms. The van der Waals surface area contributed by atoms with E-state index in [1.54, 1.807) is 0 Å². The van der Waals surface area contributed by atoms with Crippen molar-refractivity contribution in [2.45, 2.75) is 19.6 Å². The van der Waals surface area contributed by atoms with Crippen molar-refractivity contribution in [1.82, 2.24) is 4.90 Å². The summed E-state index contributed by atoms with van der Waals surface area (Å²) in [5, 5.41) is 0. The number of fused-ring (bicyclic) bond motifs is 2. The van der Waals surface area contributed by atoms with E-state index in [0.29, 0.717) is 6.61 Å². The Bertz CT molecular complexity index is 689. The van der Waals surface area contributed by atoms with Gasteiger partial charge in [-0.1, -0.05) is 48.5 Å². The fraction of sp³-hybridized carbons (Fsp3) is 0.263. The monoisotopic (exact) mass is 277 g/mol. The van der Waals surface area contributed by atoms with Gasteiger partial charge in [-0.05, 0) is 28.7 Å². The van der Waals surface area contributed by atoms with E-state index in [1.807, 2.05) is 6.26 Å². The van der Waals surface area contributed by atoms with Gasteiger partial charge in [-0.2, -0.15) is 0 Å². The quantitative estimate of drug-likeness (QED) is 0.831. The van der Waals surface area contributed by atoms with E-state index < -0.39 is 0 Å². The Morgan fingerprint density at radius 2 is 1.67 bits per heavy atom. The van der Waals surface area contributed by atoms with E-state index in [-0.39, 0.29) is 0 Å². The van der Waals surface area contributed by atoms with Crippen molar-refractivity contribution in [3.05, 3.63) is 77.0 Å². The highest BCUT2D eigenvalue weighted by Gasteiger charge is 2.19. The van der Waals surface area contributed by atoms with Crippen LogP contribution in [0.1, 0.15) is 22.3 Å². The highest BCUT2D eigenvalue weighted by atomic mass is 16.5. The van der Waals surface area contributed by atoms with Crippen LogP contribution in [-0.2, 0) is 24.3 Å². The molecule has 4 rings (SSSR count). The molecule has 0 atom stereocenters. The molecule has 106 valence electrons. The summed E-state index contributed by atoms with van der Waals surface area (Å²) in [5.74, 6) is 0. The van der Waals surface area contributed by atoms with E-state index >= 15 is 0 Å². The molecule has 0 saturated carbocycles. The van der Waals surface area contributed by atoms with Gasteiger partial charge in [-0.15, -0.1) is 0 Å². The van der Waals surface area contributed by atoms with Crippen LogP contribution in [0.5, 0.6) is 0 Å². The van der Waals surface area contributed by atoms with Gasteiger partial charge in [0.2, 0.25) is 0 Å². The standard InChI is InChI=1S/C19H19NO/c1-2-6-16-11-20(10-9-15(16)5-1)12-18-14-21-13-17-7-3-4-8-19(17)18/h1-8,14H,9-13H2. The molecule has 2 heteroatoms. The lowest BCUT2D eigenvalue weighted by molar-refractivity contribution is 0.226. The zero-order chi connectivity index (χ0) is 14.1. The Balaban J connectivity index is 1.54. The van der Waals surface area contributed by atoms with E-state index in [2.05, 4.69) is 53.4 Å². The second kappa shape index (κ2) is 5.38. The van der Waals surface area contributed by atoms with Crippen LogP contribution in [0.3, 0.4) is 0 Å². The first-order valence-corrected chi connectivity index (χ1v) is 7.58. The highest BCUT2D eigenvalue weighted by molar-refractivity contribution is 5.69. The number of rotatable bonds is 2. The first-order chi connectivity index (χ1) is 10.4. The molecule has 0 bridgehead atoms. The molecule has 2 nitrogen and oxygen atoms in total. The SMILES string of the molecule is C1=C(CN2CCc3ccccc3C2)c2ccccc2CO1. The maximum absolute atomic E-state index is 5.63. The molecule has 2 aromatic rings. The molecule has 0 aliphatic carbocycles. The Morgan fingerprint density at radius 1 is 0.905 bits per heavy atom. The normalized spacial score (nSPS) is 17.4. The minimum absolute atomic E-state index is 0.697. The predicted molar refractivity (Wildman–Crippen MR) is 84.6 cm³/mol. The molecule has 21 heavy (non-hydrogen) atoms. The lowest BCUT2D eigenvalue weighted by Crippen LogP contribution is -2.32. The average Bonchev–Trinajstić information content (AvgIpc) is 2.55. The van der Waals surface area contributed by atoms with Crippen LogP contribution in [0.15, 0.2) is 54.8 Å². The first-order valence-electron chi connectivity index (χ1n) is 7.58. The van der Waals surface area contributed by atoms with Crippen LogP contribution in [-0.4, -0.2) is 18.0 Å². The summed E-state index contributed by atoms with van der Waals surface area (Å²) in [7, 11) is 0. The Hall–Kier alpha value is -2.06. The van der Waals surface area contributed by atoms with Gasteiger partial charge >= 0.3 is 0 Å². The van der Waals surface area contributed by atoms with Gasteiger partial charge in [0, 0.05) is 25.2 Å². The van der Waals surface area contributed by atoms with Crippen LogP contribution in [0.25, 0.3) is 5.57 Å². The summed E-state index contributed by atoms with van der Waals surface area (Å²) >= 11 is 0. The molecule has 0 N–H and O–H groups in total. The van der Waals surface area contributed by atoms with Crippen LogP contribution < -0.4 is 0 Å². The molecule has 0 fully saturated rings. The molecular weight excluding hydrogens is 258 g/mol. The molecule has 2 aromatic carbocycles. The van der Waals surface area contributed by atoms with Crippen molar-refractivity contribution in [1.29, 1.82) is 0 Å². The van der Waals surface area contributed by atoms with Crippen LogP contribution in [0.4, 0.5) is 0 Å². The summed E-state index contributed by atoms with van der Waals surface area (Å²) in [4.78, 5) is 2.51. The minimum atomic E-state index is 0.697. The second-order valence-corrected chi connectivity index (χ2v) is 5.84. The Morgan fingerprint density at radius 3 is 2.57 bits per heavy atom. The number of ether oxygens (including phenoxy) is 1. The molecular formula is C19H19NO. The zero-order valence-corrected chi connectivity index (χ0v) is 12.1. The average molecular weight is 277 g/mol. The van der Waals surface area contributed by atoms with Gasteiger partial charge in [-0.25, -0.2) is 0 Å². The number of hydrogen-bond acceptors (Lipinski definition) is 2. The fourth-order valence-corrected chi connectivity index (χ4v) is 3.31. The third-order valence-corrected chi connectivity index (χ3v) is 4.43. The third kappa shape index (κ3) is 2.47. The maximum atomic E-state index is 5.63. The largest absolute Gasteiger partial charge is 0.496 e. The van der Waals surface area contributed by atoms with Crippen molar-refractivity contribution < 1.29 is 4.74 Å². The lowest BCUT2D eigenvalue weighted by Gasteiger charge is -2.30. The predicted octanol–water partition coefficient (Wildman–Crippen LogP) is 3.62. The molecule has 0 amide bonds. The van der Waals surface area contributed by atoms with E-state index in [0.717, 1.165) is 26.1 Å². The van der Waals surface area contributed by atoms with E-state index in [4.69, 9.17) is 4.74 Å². The van der Waals surface area contributed by atoms with Gasteiger partial charge in [0.25, 0.3) is 0 Å². The second-order valence-electron chi connectivity index (χ2n) is 5.84. The summed E-state index contributed by atoms with van der Waals surface area (Å²) in [5.41, 5.74) is 6.92. The highest BCUT2D eigenvalue weighted by Crippen LogP contribution is 2.27. The molecule has 2 aliphatic rings. The number of benzene rings is 2. The Kier molecular flexibility index (Phi) is 3.24. The van der Waals surface area contributed by atoms with Crippen LogP contribution in [0, 0.1) is 0 Å². The number of nitrogens with zero attached hydrogens (tertiary/aromatic N) is 1. The third-order valence-electron chi connectivity index (χ3n) is 4.43. The van der Waals surface area contributed by atoms with Crippen molar-refractivity contribution in [2.75, 3.05) is 13.1 Å². The van der Waals surface area contributed by atoms with Crippen molar-refractivity contribution in [2.24, 2.45) is 0 Å². The molecule has 2 aliphatic heterocycles. The summed E-state index contributed by atoms with van der Waals surface area (Å²) in [6.07, 6.45) is 3.09. The minimum Gasteiger partial charge on any atom is -0.496 e. The molecule has 0 saturated heterocycles. The smallest absolute Gasteiger partial charge is 0.113 e. The topological polar surface area (TPSA) is 12.5 Å². The lowest BCUT2D eigenvalue weighted by atomic mass is 9.96. The number of hydrogen-bond donors (Lipinski definition) is 0. The molecule has 0 aromatic heterocycles. The fourth-order valence-electron chi connectivity index (χ4n) is 3.31.